The molecule has 0 heterocycles. The van der Waals surface area contributed by atoms with E-state index in [1.165, 1.54) is 5.57 Å². The van der Waals surface area contributed by atoms with Gasteiger partial charge in [-0.1, -0.05) is 46.1 Å². The molecule has 2 N–H and O–H groups in total. The van der Waals surface area contributed by atoms with Crippen LogP contribution in [0, 0.1) is 34.5 Å². The van der Waals surface area contributed by atoms with Gasteiger partial charge in [-0.25, -0.2) is 0 Å². The second kappa shape index (κ2) is 9.74. The Hall–Kier alpha value is -1.53. The van der Waals surface area contributed by atoms with Crippen LogP contribution in [0.4, 0.5) is 0 Å². The fourth-order valence-electron chi connectivity index (χ4n) is 8.46. The number of carbonyl (C=O) groups excluding carboxylic acids is 3. The van der Waals surface area contributed by atoms with Crippen molar-refractivity contribution in [1.29, 1.82) is 0 Å². The fraction of sp³-hybridized carbons (Fsp3) is 0.828. The molecule has 0 aromatic rings. The van der Waals surface area contributed by atoms with E-state index in [0.717, 1.165) is 44.9 Å². The average molecular weight is 489 g/mol. The third-order valence-electron chi connectivity index (χ3n) is 10.6. The second-order valence-electron chi connectivity index (χ2n) is 12.3. The quantitative estimate of drug-likeness (QED) is 0.486. The number of unbranched alkanes of at least 4 members (excludes halogenated alkanes) is 1. The standard InChI is InChI=1S/C29H44O6/c1-5-7-8-18(6-2)26(33)35-17-24(32)29(34)14-12-22-21-10-9-19-15-20(30)11-13-27(19,3)25(21)23(31)16-28(22,29)4/h15,18,21-23,25,31,34H,5-14,16-17H2,1-4H3/t18-,21+,22+,23-,25-,27-,28-,29+/m0/s1. The minimum Gasteiger partial charge on any atom is -0.457 e. The number of hydrogen-bond donors (Lipinski definition) is 2. The van der Waals surface area contributed by atoms with E-state index in [9.17, 15) is 24.6 Å². The summed E-state index contributed by atoms with van der Waals surface area (Å²) in [5, 5.41) is 23.3. The first-order valence-electron chi connectivity index (χ1n) is 13.9. The van der Waals surface area contributed by atoms with Crippen molar-refractivity contribution in [3.05, 3.63) is 11.6 Å². The Morgan fingerprint density at radius 1 is 1.17 bits per heavy atom. The van der Waals surface area contributed by atoms with Gasteiger partial charge < -0.3 is 14.9 Å². The van der Waals surface area contributed by atoms with Gasteiger partial charge in [0.2, 0.25) is 5.78 Å². The zero-order valence-electron chi connectivity index (χ0n) is 22.0. The number of hydrogen-bond acceptors (Lipinski definition) is 6. The van der Waals surface area contributed by atoms with Crippen LogP contribution in [0.1, 0.15) is 98.3 Å². The Kier molecular flexibility index (Phi) is 7.38. The zero-order chi connectivity index (χ0) is 25.6. The highest BCUT2D eigenvalue weighted by Crippen LogP contribution is 2.67. The highest BCUT2D eigenvalue weighted by molar-refractivity contribution is 5.92. The van der Waals surface area contributed by atoms with Crippen LogP contribution in [0.2, 0.25) is 0 Å². The first-order valence-corrected chi connectivity index (χ1v) is 13.9. The summed E-state index contributed by atoms with van der Waals surface area (Å²) in [5.41, 5.74) is -1.39. The molecule has 3 saturated carbocycles. The number of aliphatic hydroxyl groups is 2. The fourth-order valence-corrected chi connectivity index (χ4v) is 8.46. The SMILES string of the molecule is CCCC[C@H](CC)C(=O)OCC(=O)[C@]1(O)CC[C@@H]2[C@H]3CCC4=CC(=O)CC[C@]4(C)[C@@H]3[C@@H](O)C[C@@]21C. The van der Waals surface area contributed by atoms with Crippen molar-refractivity contribution < 1.29 is 29.3 Å². The number of ether oxygens (including phenoxy) is 1. The molecular weight excluding hydrogens is 444 g/mol. The number of rotatable bonds is 8. The van der Waals surface area contributed by atoms with E-state index in [4.69, 9.17) is 4.74 Å². The zero-order valence-corrected chi connectivity index (χ0v) is 22.0. The van der Waals surface area contributed by atoms with Crippen LogP contribution in [-0.4, -0.2) is 46.1 Å². The van der Waals surface area contributed by atoms with Crippen molar-refractivity contribution in [3.63, 3.8) is 0 Å². The summed E-state index contributed by atoms with van der Waals surface area (Å²) in [4.78, 5) is 38.0. The van der Waals surface area contributed by atoms with Crippen molar-refractivity contribution in [2.75, 3.05) is 6.61 Å². The van der Waals surface area contributed by atoms with Gasteiger partial charge in [0.15, 0.2) is 12.4 Å². The summed E-state index contributed by atoms with van der Waals surface area (Å²) in [5.74, 6) is -0.472. The van der Waals surface area contributed by atoms with Crippen molar-refractivity contribution in [2.24, 2.45) is 34.5 Å². The summed E-state index contributed by atoms with van der Waals surface area (Å²) < 4.78 is 5.44. The lowest BCUT2D eigenvalue weighted by molar-refractivity contribution is -0.185. The Bertz CT molecular complexity index is 894. The number of aliphatic hydroxyl groups excluding tert-OH is 1. The monoisotopic (exact) mass is 488 g/mol. The molecule has 4 aliphatic carbocycles. The molecule has 0 spiro atoms. The minimum absolute atomic E-state index is 0.0350. The molecule has 0 saturated heterocycles. The molecule has 35 heavy (non-hydrogen) atoms. The van der Waals surface area contributed by atoms with Gasteiger partial charge in [0.1, 0.15) is 5.60 Å². The minimum atomic E-state index is -1.60. The van der Waals surface area contributed by atoms with E-state index in [0.29, 0.717) is 25.7 Å². The summed E-state index contributed by atoms with van der Waals surface area (Å²) in [6, 6.07) is 0. The van der Waals surface area contributed by atoms with Gasteiger partial charge in [0.25, 0.3) is 0 Å². The Morgan fingerprint density at radius 2 is 1.91 bits per heavy atom. The van der Waals surface area contributed by atoms with Gasteiger partial charge in [0, 0.05) is 11.8 Å². The van der Waals surface area contributed by atoms with Crippen LogP contribution in [0.15, 0.2) is 11.6 Å². The summed E-state index contributed by atoms with van der Waals surface area (Å²) >= 11 is 0. The molecule has 4 rings (SSSR count). The molecule has 0 aromatic heterocycles. The Labute approximate surface area is 209 Å². The van der Waals surface area contributed by atoms with Gasteiger partial charge in [-0.2, -0.15) is 0 Å². The number of Topliss-reactive ketones (excluding diaryl/α,β-unsaturated/α-hetero) is 1. The van der Waals surface area contributed by atoms with E-state index >= 15 is 0 Å². The van der Waals surface area contributed by atoms with Crippen molar-refractivity contribution >= 4 is 17.5 Å². The predicted molar refractivity (Wildman–Crippen MR) is 132 cm³/mol. The molecule has 0 amide bonds. The molecule has 8 atom stereocenters. The molecule has 196 valence electrons. The maximum absolute atomic E-state index is 13.4. The molecule has 0 unspecified atom stereocenters. The van der Waals surface area contributed by atoms with Gasteiger partial charge in [-0.15, -0.1) is 0 Å². The molecule has 3 fully saturated rings. The number of esters is 1. The average Bonchev–Trinajstić information content (AvgIpc) is 3.09. The maximum Gasteiger partial charge on any atom is 0.309 e. The lowest BCUT2D eigenvalue weighted by Crippen LogP contribution is -2.62. The van der Waals surface area contributed by atoms with E-state index in [2.05, 4.69) is 13.8 Å². The normalized spacial score (nSPS) is 41.3. The number of carbonyl (C=O) groups is 3. The Balaban J connectivity index is 1.51. The van der Waals surface area contributed by atoms with Crippen LogP contribution in [0.25, 0.3) is 0 Å². The van der Waals surface area contributed by atoms with Gasteiger partial charge in [-0.3, -0.25) is 14.4 Å². The van der Waals surface area contributed by atoms with Crippen LogP contribution in [0.5, 0.6) is 0 Å². The van der Waals surface area contributed by atoms with Gasteiger partial charge in [0.05, 0.1) is 12.0 Å². The largest absolute Gasteiger partial charge is 0.457 e. The van der Waals surface area contributed by atoms with Crippen LogP contribution in [-0.2, 0) is 19.1 Å². The molecule has 4 aliphatic rings. The molecule has 0 aromatic carbocycles. The smallest absolute Gasteiger partial charge is 0.309 e. The van der Waals surface area contributed by atoms with Crippen molar-refractivity contribution in [2.45, 2.75) is 110 Å². The van der Waals surface area contributed by atoms with E-state index in [1.54, 1.807) is 0 Å². The molecule has 0 bridgehead atoms. The molecule has 0 aliphatic heterocycles. The van der Waals surface area contributed by atoms with Gasteiger partial charge >= 0.3 is 5.97 Å². The summed E-state index contributed by atoms with van der Waals surface area (Å²) in [7, 11) is 0. The number of ketones is 2. The highest BCUT2D eigenvalue weighted by Gasteiger charge is 2.68. The van der Waals surface area contributed by atoms with E-state index < -0.39 is 29.5 Å². The topological polar surface area (TPSA) is 101 Å². The Morgan fingerprint density at radius 3 is 2.60 bits per heavy atom. The lowest BCUT2D eigenvalue weighted by Gasteiger charge is -2.60. The molecule has 6 heteroatoms. The first-order chi connectivity index (χ1) is 16.5. The summed E-state index contributed by atoms with van der Waals surface area (Å²) in [6.07, 6.45) is 8.91. The second-order valence-corrected chi connectivity index (χ2v) is 12.3. The molecule has 6 nitrogen and oxygen atoms in total. The van der Waals surface area contributed by atoms with Crippen molar-refractivity contribution in [1.82, 2.24) is 0 Å². The van der Waals surface area contributed by atoms with Gasteiger partial charge in [-0.05, 0) is 80.6 Å². The summed E-state index contributed by atoms with van der Waals surface area (Å²) in [6.45, 7) is 7.78. The highest BCUT2D eigenvalue weighted by atomic mass is 16.5. The predicted octanol–water partition coefficient (Wildman–Crippen LogP) is 4.55. The lowest BCUT2D eigenvalue weighted by atomic mass is 9.45. The first kappa shape index (κ1) is 26.5. The van der Waals surface area contributed by atoms with Crippen LogP contribution < -0.4 is 0 Å². The molecular formula is C29H44O6. The maximum atomic E-state index is 13.4. The number of allylic oxidation sites excluding steroid dienone is 1. The van der Waals surface area contributed by atoms with Crippen LogP contribution in [0.3, 0.4) is 0 Å². The third kappa shape index (κ3) is 4.22. The van der Waals surface area contributed by atoms with E-state index in [-0.39, 0.29) is 40.8 Å². The van der Waals surface area contributed by atoms with Crippen LogP contribution >= 0.6 is 0 Å². The van der Waals surface area contributed by atoms with E-state index in [1.807, 2.05) is 19.9 Å². The van der Waals surface area contributed by atoms with Crippen molar-refractivity contribution in [3.8, 4) is 0 Å². The molecule has 0 radical (unpaired) electrons. The third-order valence-corrected chi connectivity index (χ3v) is 10.6. The number of fused-ring (bicyclic) bond motifs is 5.